The highest BCUT2D eigenvalue weighted by atomic mass is 32.2. The van der Waals surface area contributed by atoms with Gasteiger partial charge in [0, 0.05) is 5.25 Å². The second kappa shape index (κ2) is 5.67. The molecule has 4 nitrogen and oxygen atoms in total. The van der Waals surface area contributed by atoms with E-state index >= 15 is 0 Å². The van der Waals surface area contributed by atoms with Crippen molar-refractivity contribution in [3.05, 3.63) is 0 Å². The molecule has 0 bridgehead atoms. The zero-order valence-electron chi connectivity index (χ0n) is 8.99. The molecule has 0 amide bonds. The summed E-state index contributed by atoms with van der Waals surface area (Å²) in [5.41, 5.74) is 0. The van der Waals surface area contributed by atoms with Crippen LogP contribution in [0.1, 0.15) is 6.92 Å². The molecule has 1 saturated heterocycles. The Labute approximate surface area is 99.6 Å². The maximum Gasteiger partial charge on any atom is 0.137 e. The normalized spacial score (nSPS) is 20.0. The molecule has 0 spiro atoms. The molecule has 1 aliphatic heterocycles. The molecule has 0 aromatic heterocycles. The largest absolute Gasteiger partial charge is 0.549 e. The zero-order chi connectivity index (χ0) is 11.4. The molecular weight excluding hydrogens is 232 g/mol. The molecule has 1 N–H and O–H groups in total. The van der Waals surface area contributed by atoms with E-state index in [4.69, 9.17) is 12.2 Å². The molecule has 6 heteroatoms. The van der Waals surface area contributed by atoms with Gasteiger partial charge in [-0.25, -0.2) is 0 Å². The number of hydrogen-bond acceptors (Lipinski definition) is 4. The quantitative estimate of drug-likeness (QED) is 0.571. The standard InChI is InChI=1S/C9H16N2O2S2/c1-7(8(12)13)15-9(14)11-5-3-10(2)4-6-11/h7H,3-6H2,1-2H3,(H,12,13)/t7-/m1/s1. The highest BCUT2D eigenvalue weighted by Gasteiger charge is 2.20. The van der Waals surface area contributed by atoms with E-state index in [-0.39, 0.29) is 0 Å². The topological polar surface area (TPSA) is 47.8 Å². The number of carboxylic acid groups (broad SMARTS) is 1. The van der Waals surface area contributed by atoms with E-state index in [2.05, 4.69) is 11.9 Å². The van der Waals surface area contributed by atoms with Crippen molar-refractivity contribution in [3.8, 4) is 0 Å². The minimum Gasteiger partial charge on any atom is -0.549 e. The Morgan fingerprint density at radius 2 is 2.07 bits per heavy atom. The van der Waals surface area contributed by atoms with Crippen LogP contribution in [0, 0.1) is 0 Å². The number of thiocarbonyl (C=S) groups is 1. The van der Waals surface area contributed by atoms with E-state index in [9.17, 15) is 9.90 Å². The van der Waals surface area contributed by atoms with Crippen molar-refractivity contribution in [2.24, 2.45) is 0 Å². The third kappa shape index (κ3) is 3.96. The number of quaternary nitrogens is 1. The van der Waals surface area contributed by atoms with E-state index in [1.807, 2.05) is 0 Å². The second-order valence-electron chi connectivity index (χ2n) is 3.79. The molecule has 0 unspecified atom stereocenters. The number of rotatable bonds is 2. The fourth-order valence-corrected chi connectivity index (χ4v) is 2.69. The lowest BCUT2D eigenvalue weighted by Crippen LogP contribution is -3.12. The first-order chi connectivity index (χ1) is 7.00. The highest BCUT2D eigenvalue weighted by molar-refractivity contribution is 8.23. The monoisotopic (exact) mass is 248 g/mol. The van der Waals surface area contributed by atoms with Crippen molar-refractivity contribution >= 4 is 34.3 Å². The number of carbonyl (C=O) groups excluding carboxylic acids is 1. The summed E-state index contributed by atoms with van der Waals surface area (Å²) in [7, 11) is 2.15. The van der Waals surface area contributed by atoms with Gasteiger partial charge in [-0.1, -0.05) is 24.0 Å². The minimum absolute atomic E-state index is 0.565. The smallest absolute Gasteiger partial charge is 0.137 e. The van der Waals surface area contributed by atoms with Crippen LogP contribution in [0.4, 0.5) is 0 Å². The van der Waals surface area contributed by atoms with Gasteiger partial charge in [-0.2, -0.15) is 0 Å². The number of likely N-dealkylation sites (N-methyl/N-ethyl adjacent to an activating group) is 1. The Morgan fingerprint density at radius 3 is 2.53 bits per heavy atom. The van der Waals surface area contributed by atoms with Gasteiger partial charge in [0.15, 0.2) is 0 Å². The van der Waals surface area contributed by atoms with Crippen molar-refractivity contribution < 1.29 is 14.8 Å². The summed E-state index contributed by atoms with van der Waals surface area (Å²) in [5, 5.41) is 9.99. The number of carboxylic acids is 1. The van der Waals surface area contributed by atoms with Gasteiger partial charge in [-0.3, -0.25) is 0 Å². The number of thioether (sulfide) groups is 1. The van der Waals surface area contributed by atoms with Crippen molar-refractivity contribution in [1.82, 2.24) is 4.90 Å². The van der Waals surface area contributed by atoms with Crippen molar-refractivity contribution in [1.29, 1.82) is 0 Å². The predicted molar refractivity (Wildman–Crippen MR) is 62.9 cm³/mol. The number of nitrogens with zero attached hydrogens (tertiary/aromatic N) is 1. The summed E-state index contributed by atoms with van der Waals surface area (Å²) < 4.78 is 0.680. The molecule has 1 atom stereocenters. The Balaban J connectivity index is 2.37. The predicted octanol–water partition coefficient (Wildman–Crippen LogP) is -2.03. The third-order valence-electron chi connectivity index (χ3n) is 2.48. The van der Waals surface area contributed by atoms with Crippen LogP contribution in [0.15, 0.2) is 0 Å². The third-order valence-corrected chi connectivity index (χ3v) is 4.04. The molecule has 15 heavy (non-hydrogen) atoms. The van der Waals surface area contributed by atoms with Crippen LogP contribution < -0.4 is 10.0 Å². The van der Waals surface area contributed by atoms with Gasteiger partial charge in [-0.05, 0) is 6.92 Å². The molecule has 0 aromatic carbocycles. The summed E-state index contributed by atoms with van der Waals surface area (Å²) in [4.78, 5) is 14.1. The molecule has 0 aliphatic carbocycles. The molecule has 86 valence electrons. The number of piperazine rings is 1. The summed E-state index contributed by atoms with van der Waals surface area (Å²) in [6, 6.07) is 0. The van der Waals surface area contributed by atoms with Crippen LogP contribution in [0.3, 0.4) is 0 Å². The lowest BCUT2D eigenvalue weighted by atomic mass is 10.4. The van der Waals surface area contributed by atoms with Gasteiger partial charge < -0.3 is 19.7 Å². The van der Waals surface area contributed by atoms with Crippen molar-refractivity contribution in [2.75, 3.05) is 33.2 Å². The Kier molecular flexibility index (Phi) is 4.82. The van der Waals surface area contributed by atoms with Crippen LogP contribution in [0.2, 0.25) is 0 Å². The second-order valence-corrected chi connectivity index (χ2v) is 5.76. The van der Waals surface area contributed by atoms with Crippen molar-refractivity contribution in [3.63, 3.8) is 0 Å². The first kappa shape index (κ1) is 12.7. The van der Waals surface area contributed by atoms with Crippen LogP contribution in [0.25, 0.3) is 0 Å². The van der Waals surface area contributed by atoms with Crippen LogP contribution in [0.5, 0.6) is 0 Å². The zero-order valence-corrected chi connectivity index (χ0v) is 10.6. The van der Waals surface area contributed by atoms with Gasteiger partial charge in [0.1, 0.15) is 4.32 Å². The van der Waals surface area contributed by atoms with Gasteiger partial charge in [0.25, 0.3) is 0 Å². The minimum atomic E-state index is -1.05. The number of aliphatic carboxylic acids is 1. The summed E-state index contributed by atoms with van der Waals surface area (Å²) in [6.07, 6.45) is 0. The molecular formula is C9H16N2O2S2. The molecule has 0 saturated carbocycles. The molecule has 0 radical (unpaired) electrons. The van der Waals surface area contributed by atoms with Gasteiger partial charge in [0.2, 0.25) is 0 Å². The first-order valence-electron chi connectivity index (χ1n) is 4.98. The highest BCUT2D eigenvalue weighted by Crippen LogP contribution is 2.15. The molecule has 1 heterocycles. The summed E-state index contributed by atoms with van der Waals surface area (Å²) in [5.74, 6) is -1.05. The Morgan fingerprint density at radius 1 is 1.53 bits per heavy atom. The fraction of sp³-hybridized carbons (Fsp3) is 0.778. The molecule has 1 aliphatic rings. The average Bonchev–Trinajstić information content (AvgIpc) is 2.18. The van der Waals surface area contributed by atoms with E-state index < -0.39 is 11.2 Å². The summed E-state index contributed by atoms with van der Waals surface area (Å²) in [6.45, 7) is 5.54. The van der Waals surface area contributed by atoms with Crippen molar-refractivity contribution in [2.45, 2.75) is 12.2 Å². The maximum absolute atomic E-state index is 10.6. The average molecular weight is 248 g/mol. The molecule has 0 aromatic rings. The van der Waals surface area contributed by atoms with E-state index in [1.54, 1.807) is 6.92 Å². The van der Waals surface area contributed by atoms with Gasteiger partial charge in [-0.15, -0.1) is 0 Å². The lowest BCUT2D eigenvalue weighted by molar-refractivity contribution is -0.883. The first-order valence-corrected chi connectivity index (χ1v) is 6.27. The Hall–Kier alpha value is -0.330. The maximum atomic E-state index is 10.6. The van der Waals surface area contributed by atoms with Crippen LogP contribution in [-0.2, 0) is 4.79 Å². The lowest BCUT2D eigenvalue weighted by Gasteiger charge is -2.32. The van der Waals surface area contributed by atoms with Crippen LogP contribution in [-0.4, -0.2) is 53.7 Å². The molecule has 1 fully saturated rings. The SMILES string of the molecule is C[C@@H](SC(=S)N1CC[NH+](C)CC1)C(=O)[O-]. The van der Waals surface area contributed by atoms with Gasteiger partial charge in [0.05, 0.1) is 39.2 Å². The number of carbonyl (C=O) groups is 1. The van der Waals surface area contributed by atoms with Gasteiger partial charge >= 0.3 is 0 Å². The van der Waals surface area contributed by atoms with E-state index in [0.29, 0.717) is 4.32 Å². The molecule has 1 rings (SSSR count). The summed E-state index contributed by atoms with van der Waals surface area (Å²) >= 11 is 6.40. The van der Waals surface area contributed by atoms with E-state index in [0.717, 1.165) is 26.2 Å². The fourth-order valence-electron chi connectivity index (χ4n) is 1.34. The Bertz CT molecular complexity index is 252. The van der Waals surface area contributed by atoms with E-state index in [1.165, 1.54) is 16.7 Å². The number of nitrogens with one attached hydrogen (secondary N) is 1. The van der Waals surface area contributed by atoms with Crippen LogP contribution >= 0.6 is 24.0 Å². The number of hydrogen-bond donors (Lipinski definition) is 1.